The van der Waals surface area contributed by atoms with Gasteiger partial charge in [0.2, 0.25) is 11.8 Å². The Morgan fingerprint density at radius 1 is 1.19 bits per heavy atom. The van der Waals surface area contributed by atoms with Crippen LogP contribution in [-0.4, -0.2) is 54.0 Å². The largest absolute Gasteiger partial charge is 0.353 e. The number of halogens is 1. The number of piperidine rings is 1. The number of carbonyl (C=O) groups is 2. The minimum absolute atomic E-state index is 0.0774. The van der Waals surface area contributed by atoms with E-state index in [2.05, 4.69) is 10.2 Å². The zero-order valence-electron chi connectivity index (χ0n) is 15.0. The molecule has 6 heteroatoms. The van der Waals surface area contributed by atoms with Gasteiger partial charge in [-0.2, -0.15) is 0 Å². The summed E-state index contributed by atoms with van der Waals surface area (Å²) in [6, 6.07) is 6.85. The molecule has 5 nitrogen and oxygen atoms in total. The molecule has 26 heavy (non-hydrogen) atoms. The van der Waals surface area contributed by atoms with Crippen LogP contribution in [0, 0.1) is 11.7 Å². The lowest BCUT2D eigenvalue weighted by atomic mass is 9.98. The van der Waals surface area contributed by atoms with Crippen LogP contribution in [0.15, 0.2) is 24.3 Å². The first-order valence-electron chi connectivity index (χ1n) is 9.64. The lowest BCUT2D eigenvalue weighted by Crippen LogP contribution is -2.48. The van der Waals surface area contributed by atoms with Gasteiger partial charge >= 0.3 is 0 Å². The lowest BCUT2D eigenvalue weighted by Gasteiger charge is -2.34. The second kappa shape index (κ2) is 7.35. The molecule has 0 spiro atoms. The summed E-state index contributed by atoms with van der Waals surface area (Å²) >= 11 is 0. The Morgan fingerprint density at radius 2 is 1.96 bits per heavy atom. The number of rotatable bonds is 5. The number of hydrogen-bond acceptors (Lipinski definition) is 3. The van der Waals surface area contributed by atoms with Gasteiger partial charge in [0.05, 0.1) is 6.67 Å². The highest BCUT2D eigenvalue weighted by molar-refractivity contribution is 5.81. The molecule has 0 aromatic heterocycles. The van der Waals surface area contributed by atoms with Crippen LogP contribution in [0.3, 0.4) is 0 Å². The molecule has 2 aliphatic heterocycles. The Hall–Kier alpha value is -1.95. The number of nitrogens with zero attached hydrogens (tertiary/aromatic N) is 2. The summed E-state index contributed by atoms with van der Waals surface area (Å²) in [5, 5.41) is 3.16. The van der Waals surface area contributed by atoms with E-state index in [-0.39, 0.29) is 35.5 Å². The SMILES string of the molecule is O=C(NC1CCN(CN2C[C@H](c3cccc(F)c3)CC2=O)CC1)C1CC1. The van der Waals surface area contributed by atoms with Crippen molar-refractivity contribution in [2.45, 2.75) is 44.1 Å². The summed E-state index contributed by atoms with van der Waals surface area (Å²) in [5.41, 5.74) is 0.905. The zero-order valence-corrected chi connectivity index (χ0v) is 15.0. The third-order valence-electron chi connectivity index (χ3n) is 5.79. The van der Waals surface area contributed by atoms with Gasteiger partial charge in [0.1, 0.15) is 5.82 Å². The van der Waals surface area contributed by atoms with E-state index in [4.69, 9.17) is 0 Å². The fourth-order valence-electron chi connectivity index (χ4n) is 4.02. The minimum atomic E-state index is -0.247. The minimum Gasteiger partial charge on any atom is -0.353 e. The number of likely N-dealkylation sites (tertiary alicyclic amines) is 2. The van der Waals surface area contributed by atoms with Gasteiger partial charge in [0.25, 0.3) is 0 Å². The maximum absolute atomic E-state index is 13.4. The lowest BCUT2D eigenvalue weighted by molar-refractivity contribution is -0.129. The van der Waals surface area contributed by atoms with E-state index in [1.54, 1.807) is 6.07 Å². The van der Waals surface area contributed by atoms with Crippen LogP contribution in [0.5, 0.6) is 0 Å². The van der Waals surface area contributed by atoms with Crippen molar-refractivity contribution >= 4 is 11.8 Å². The first-order valence-corrected chi connectivity index (χ1v) is 9.64. The van der Waals surface area contributed by atoms with E-state index < -0.39 is 0 Å². The Kier molecular flexibility index (Phi) is 4.94. The molecular formula is C20H26FN3O2. The molecule has 0 radical (unpaired) electrons. The first-order chi connectivity index (χ1) is 12.6. The van der Waals surface area contributed by atoms with Crippen molar-refractivity contribution in [3.8, 4) is 0 Å². The monoisotopic (exact) mass is 359 g/mol. The van der Waals surface area contributed by atoms with Crippen molar-refractivity contribution in [3.63, 3.8) is 0 Å². The average Bonchev–Trinajstić information content (AvgIpc) is 3.41. The van der Waals surface area contributed by atoms with E-state index in [1.165, 1.54) is 12.1 Å². The average molecular weight is 359 g/mol. The number of hydrogen-bond donors (Lipinski definition) is 1. The normalized spacial score (nSPS) is 24.9. The number of benzene rings is 1. The fourth-order valence-corrected chi connectivity index (χ4v) is 4.02. The van der Waals surface area contributed by atoms with Crippen LogP contribution in [0.4, 0.5) is 4.39 Å². The zero-order chi connectivity index (χ0) is 18.1. The molecule has 3 fully saturated rings. The Labute approximate surface area is 153 Å². The van der Waals surface area contributed by atoms with E-state index in [0.29, 0.717) is 19.6 Å². The third-order valence-corrected chi connectivity index (χ3v) is 5.79. The predicted molar refractivity (Wildman–Crippen MR) is 95.8 cm³/mol. The Morgan fingerprint density at radius 3 is 2.65 bits per heavy atom. The Bertz CT molecular complexity index is 683. The molecule has 0 bridgehead atoms. The molecule has 1 aromatic rings. The highest BCUT2D eigenvalue weighted by Crippen LogP contribution is 2.30. The standard InChI is InChI=1S/C20H26FN3O2/c21-17-3-1-2-15(10-17)16-11-19(25)24(12-16)13-23-8-6-18(7-9-23)22-20(26)14-4-5-14/h1-3,10,14,16,18H,4-9,11-13H2,(H,22,26)/t16-/m1/s1. The van der Waals surface area contributed by atoms with Crippen molar-refractivity contribution in [3.05, 3.63) is 35.6 Å². The topological polar surface area (TPSA) is 52.7 Å². The second-order valence-electron chi connectivity index (χ2n) is 7.89. The molecule has 2 heterocycles. The van der Waals surface area contributed by atoms with Gasteiger partial charge in [-0.15, -0.1) is 0 Å². The summed E-state index contributed by atoms with van der Waals surface area (Å²) < 4.78 is 13.4. The molecule has 1 atom stereocenters. The van der Waals surface area contributed by atoms with Gasteiger partial charge in [-0.3, -0.25) is 14.5 Å². The molecule has 4 rings (SSSR count). The maximum Gasteiger partial charge on any atom is 0.224 e. The molecule has 1 aromatic carbocycles. The molecule has 3 aliphatic rings. The van der Waals surface area contributed by atoms with Crippen LogP contribution >= 0.6 is 0 Å². The Balaban J connectivity index is 1.25. The molecule has 2 amide bonds. The smallest absolute Gasteiger partial charge is 0.224 e. The van der Waals surface area contributed by atoms with E-state index in [0.717, 1.165) is 44.3 Å². The maximum atomic E-state index is 13.4. The van der Waals surface area contributed by atoms with Crippen LogP contribution in [-0.2, 0) is 9.59 Å². The van der Waals surface area contributed by atoms with Gasteiger partial charge in [-0.1, -0.05) is 12.1 Å². The van der Waals surface area contributed by atoms with Gasteiger partial charge in [0, 0.05) is 43.9 Å². The van der Waals surface area contributed by atoms with Crippen molar-refractivity contribution < 1.29 is 14.0 Å². The van der Waals surface area contributed by atoms with Gasteiger partial charge in [-0.05, 0) is 43.4 Å². The van der Waals surface area contributed by atoms with Crippen molar-refractivity contribution in [2.75, 3.05) is 26.3 Å². The number of nitrogens with one attached hydrogen (secondary N) is 1. The van der Waals surface area contributed by atoms with Crippen LogP contribution in [0.25, 0.3) is 0 Å². The second-order valence-corrected chi connectivity index (χ2v) is 7.89. The van der Waals surface area contributed by atoms with Crippen molar-refractivity contribution in [1.82, 2.24) is 15.1 Å². The summed E-state index contributed by atoms with van der Waals surface area (Å²) in [4.78, 5) is 28.4. The van der Waals surface area contributed by atoms with Crippen LogP contribution < -0.4 is 5.32 Å². The summed E-state index contributed by atoms with van der Waals surface area (Å²) in [6.07, 6.45) is 4.40. The molecule has 140 valence electrons. The summed E-state index contributed by atoms with van der Waals surface area (Å²) in [6.45, 7) is 3.07. The van der Waals surface area contributed by atoms with E-state index in [1.807, 2.05) is 11.0 Å². The fraction of sp³-hybridized carbons (Fsp3) is 0.600. The molecule has 1 saturated carbocycles. The highest BCUT2D eigenvalue weighted by Gasteiger charge is 2.34. The summed E-state index contributed by atoms with van der Waals surface area (Å²) in [5.74, 6) is 0.451. The van der Waals surface area contributed by atoms with Gasteiger partial charge in [-0.25, -0.2) is 4.39 Å². The predicted octanol–water partition coefficient (Wildman–Crippen LogP) is 2.09. The number of carbonyl (C=O) groups excluding carboxylic acids is 2. The quantitative estimate of drug-likeness (QED) is 0.876. The van der Waals surface area contributed by atoms with E-state index >= 15 is 0 Å². The molecule has 1 aliphatic carbocycles. The van der Waals surface area contributed by atoms with Crippen LogP contribution in [0.1, 0.15) is 43.6 Å². The first kappa shape index (κ1) is 17.5. The van der Waals surface area contributed by atoms with E-state index in [9.17, 15) is 14.0 Å². The van der Waals surface area contributed by atoms with Crippen molar-refractivity contribution in [2.24, 2.45) is 5.92 Å². The third kappa shape index (κ3) is 4.06. The molecular weight excluding hydrogens is 333 g/mol. The van der Waals surface area contributed by atoms with Crippen molar-refractivity contribution in [1.29, 1.82) is 0 Å². The molecule has 0 unspecified atom stereocenters. The highest BCUT2D eigenvalue weighted by atomic mass is 19.1. The molecule has 2 saturated heterocycles. The molecule has 1 N–H and O–H groups in total. The van der Waals surface area contributed by atoms with Gasteiger partial charge in [0.15, 0.2) is 0 Å². The summed E-state index contributed by atoms with van der Waals surface area (Å²) in [7, 11) is 0. The number of amides is 2. The van der Waals surface area contributed by atoms with Gasteiger partial charge < -0.3 is 10.2 Å². The van der Waals surface area contributed by atoms with Crippen LogP contribution in [0.2, 0.25) is 0 Å².